The Bertz CT molecular complexity index is 277. The van der Waals surface area contributed by atoms with E-state index in [1.807, 2.05) is 4.90 Å². The fourth-order valence-corrected chi connectivity index (χ4v) is 2.60. The normalized spacial score (nSPS) is 30.3. The first-order valence-electron chi connectivity index (χ1n) is 6.49. The molecule has 17 heavy (non-hydrogen) atoms. The Morgan fingerprint density at radius 3 is 2.53 bits per heavy atom. The molecule has 2 atom stereocenters. The molecule has 2 rings (SSSR count). The quantitative estimate of drug-likeness (QED) is 0.679. The largest absolute Gasteiger partial charge is 0.395 e. The van der Waals surface area contributed by atoms with Gasteiger partial charge in [0.2, 0.25) is 5.91 Å². The van der Waals surface area contributed by atoms with Crippen molar-refractivity contribution in [2.75, 3.05) is 33.3 Å². The molecule has 0 radical (unpaired) electrons. The molecule has 2 fully saturated rings. The SMILES string of the molecule is CN1CCC(N(CCO)C(=O)C2CC2N)CC1. The van der Waals surface area contributed by atoms with Crippen molar-refractivity contribution in [2.45, 2.75) is 31.3 Å². The number of rotatable bonds is 4. The van der Waals surface area contributed by atoms with Crippen molar-refractivity contribution in [1.29, 1.82) is 0 Å². The first-order chi connectivity index (χ1) is 8.13. The van der Waals surface area contributed by atoms with Gasteiger partial charge < -0.3 is 20.6 Å². The summed E-state index contributed by atoms with van der Waals surface area (Å²) in [6, 6.07) is 0.341. The highest BCUT2D eigenvalue weighted by atomic mass is 16.3. The van der Waals surface area contributed by atoms with Gasteiger partial charge in [0, 0.05) is 18.6 Å². The minimum Gasteiger partial charge on any atom is -0.395 e. The zero-order valence-corrected chi connectivity index (χ0v) is 10.5. The van der Waals surface area contributed by atoms with E-state index in [0.29, 0.717) is 12.6 Å². The lowest BCUT2D eigenvalue weighted by atomic mass is 10.0. The molecular weight excluding hydrogens is 218 g/mol. The highest BCUT2D eigenvalue weighted by Gasteiger charge is 2.43. The lowest BCUT2D eigenvalue weighted by Gasteiger charge is -2.37. The number of carbonyl (C=O) groups excluding carboxylic acids is 1. The molecule has 0 aromatic heterocycles. The van der Waals surface area contributed by atoms with Gasteiger partial charge in [-0.15, -0.1) is 0 Å². The summed E-state index contributed by atoms with van der Waals surface area (Å²) in [5, 5.41) is 9.10. The lowest BCUT2D eigenvalue weighted by molar-refractivity contribution is -0.136. The number of aliphatic hydroxyl groups is 1. The summed E-state index contributed by atoms with van der Waals surface area (Å²) in [6.45, 7) is 2.55. The van der Waals surface area contributed by atoms with E-state index in [4.69, 9.17) is 10.8 Å². The van der Waals surface area contributed by atoms with Gasteiger partial charge in [0.05, 0.1) is 12.5 Å². The summed E-state index contributed by atoms with van der Waals surface area (Å²) in [5.74, 6) is 0.169. The van der Waals surface area contributed by atoms with Gasteiger partial charge in [-0.05, 0) is 39.4 Å². The van der Waals surface area contributed by atoms with E-state index in [2.05, 4.69) is 11.9 Å². The van der Waals surface area contributed by atoms with Crippen LogP contribution >= 0.6 is 0 Å². The fraction of sp³-hybridized carbons (Fsp3) is 0.917. The van der Waals surface area contributed by atoms with E-state index < -0.39 is 0 Å². The number of amides is 1. The number of nitrogens with zero attached hydrogens (tertiary/aromatic N) is 2. The van der Waals surface area contributed by atoms with E-state index in [-0.39, 0.29) is 24.5 Å². The van der Waals surface area contributed by atoms with E-state index in [1.54, 1.807) is 0 Å². The second-order valence-electron chi connectivity index (χ2n) is 5.30. The van der Waals surface area contributed by atoms with Crippen LogP contribution in [0.25, 0.3) is 0 Å². The van der Waals surface area contributed by atoms with Crippen molar-refractivity contribution in [3.63, 3.8) is 0 Å². The predicted molar refractivity (Wildman–Crippen MR) is 65.4 cm³/mol. The number of nitrogens with two attached hydrogens (primary N) is 1. The maximum Gasteiger partial charge on any atom is 0.227 e. The molecule has 0 aromatic rings. The van der Waals surface area contributed by atoms with Crippen LogP contribution in [0.5, 0.6) is 0 Å². The van der Waals surface area contributed by atoms with Crippen molar-refractivity contribution >= 4 is 5.91 Å². The zero-order chi connectivity index (χ0) is 12.4. The Kier molecular flexibility index (Phi) is 4.01. The summed E-state index contributed by atoms with van der Waals surface area (Å²) in [6.07, 6.45) is 2.82. The van der Waals surface area contributed by atoms with Crippen LogP contribution in [-0.4, -0.2) is 66.2 Å². The van der Waals surface area contributed by atoms with Crippen LogP contribution in [-0.2, 0) is 4.79 Å². The van der Waals surface area contributed by atoms with Crippen molar-refractivity contribution < 1.29 is 9.90 Å². The number of hydrogen-bond donors (Lipinski definition) is 2. The van der Waals surface area contributed by atoms with E-state index in [0.717, 1.165) is 32.4 Å². The molecule has 0 aromatic carbocycles. The average molecular weight is 241 g/mol. The van der Waals surface area contributed by atoms with Crippen LogP contribution in [0.1, 0.15) is 19.3 Å². The Morgan fingerprint density at radius 2 is 2.06 bits per heavy atom. The molecule has 0 spiro atoms. The molecule has 1 heterocycles. The van der Waals surface area contributed by atoms with Crippen molar-refractivity contribution in [3.05, 3.63) is 0 Å². The Labute approximate surface area is 103 Å². The van der Waals surface area contributed by atoms with Gasteiger partial charge in [0.1, 0.15) is 0 Å². The van der Waals surface area contributed by atoms with Crippen LogP contribution in [0.15, 0.2) is 0 Å². The number of hydrogen-bond acceptors (Lipinski definition) is 4. The van der Waals surface area contributed by atoms with Gasteiger partial charge in [-0.1, -0.05) is 0 Å². The first-order valence-corrected chi connectivity index (χ1v) is 6.49. The van der Waals surface area contributed by atoms with E-state index >= 15 is 0 Å². The maximum absolute atomic E-state index is 12.2. The molecular formula is C12H23N3O2. The van der Waals surface area contributed by atoms with Gasteiger partial charge in [-0.25, -0.2) is 0 Å². The Morgan fingerprint density at radius 1 is 1.47 bits per heavy atom. The predicted octanol–water partition coefficient (Wildman–Crippen LogP) is -0.751. The maximum atomic E-state index is 12.2. The van der Waals surface area contributed by atoms with Gasteiger partial charge in [0.25, 0.3) is 0 Å². The summed E-state index contributed by atoms with van der Waals surface area (Å²) in [4.78, 5) is 16.4. The monoisotopic (exact) mass is 241 g/mol. The third-order valence-corrected chi connectivity index (χ3v) is 3.91. The molecule has 0 bridgehead atoms. The highest BCUT2D eigenvalue weighted by molar-refractivity contribution is 5.82. The lowest BCUT2D eigenvalue weighted by Crippen LogP contribution is -2.48. The Hall–Kier alpha value is -0.650. The number of piperidine rings is 1. The fourth-order valence-electron chi connectivity index (χ4n) is 2.60. The molecule has 2 aliphatic rings. The van der Waals surface area contributed by atoms with Gasteiger partial charge >= 0.3 is 0 Å². The molecule has 1 aliphatic carbocycles. The highest BCUT2D eigenvalue weighted by Crippen LogP contribution is 2.31. The summed E-state index contributed by atoms with van der Waals surface area (Å²) in [7, 11) is 2.10. The number of aliphatic hydroxyl groups excluding tert-OH is 1. The third kappa shape index (κ3) is 2.97. The van der Waals surface area contributed by atoms with Crippen LogP contribution in [0, 0.1) is 5.92 Å². The molecule has 2 unspecified atom stereocenters. The number of likely N-dealkylation sites (tertiary alicyclic amines) is 1. The molecule has 1 aliphatic heterocycles. The third-order valence-electron chi connectivity index (χ3n) is 3.91. The molecule has 1 saturated heterocycles. The zero-order valence-electron chi connectivity index (χ0n) is 10.5. The van der Waals surface area contributed by atoms with Crippen molar-refractivity contribution in [3.8, 4) is 0 Å². The van der Waals surface area contributed by atoms with Crippen LogP contribution in [0.2, 0.25) is 0 Å². The molecule has 1 saturated carbocycles. The smallest absolute Gasteiger partial charge is 0.227 e. The van der Waals surface area contributed by atoms with E-state index in [9.17, 15) is 4.79 Å². The molecule has 1 amide bonds. The number of carbonyl (C=O) groups is 1. The minimum atomic E-state index is 0.0150. The topological polar surface area (TPSA) is 69.8 Å². The minimum absolute atomic E-state index is 0.0150. The molecule has 3 N–H and O–H groups in total. The Balaban J connectivity index is 1.94. The van der Waals surface area contributed by atoms with Crippen LogP contribution in [0.3, 0.4) is 0 Å². The second kappa shape index (κ2) is 5.33. The second-order valence-corrected chi connectivity index (χ2v) is 5.30. The standard InChI is InChI=1S/C12H23N3O2/c1-14-4-2-9(3-5-14)15(6-7-16)12(17)10-8-11(10)13/h9-11,16H,2-8,13H2,1H3. The van der Waals surface area contributed by atoms with Gasteiger partial charge in [-0.2, -0.15) is 0 Å². The van der Waals surface area contributed by atoms with Crippen LogP contribution in [0.4, 0.5) is 0 Å². The molecule has 5 nitrogen and oxygen atoms in total. The summed E-state index contributed by atoms with van der Waals surface area (Å²) < 4.78 is 0. The summed E-state index contributed by atoms with van der Waals surface area (Å²) >= 11 is 0. The average Bonchev–Trinajstić information content (AvgIpc) is 3.04. The van der Waals surface area contributed by atoms with Crippen molar-refractivity contribution in [1.82, 2.24) is 9.80 Å². The van der Waals surface area contributed by atoms with Crippen LogP contribution < -0.4 is 5.73 Å². The summed E-state index contributed by atoms with van der Waals surface area (Å²) in [5.41, 5.74) is 5.73. The molecule has 5 heteroatoms. The van der Waals surface area contributed by atoms with Gasteiger partial charge in [-0.3, -0.25) is 4.79 Å². The first kappa shape index (κ1) is 12.8. The van der Waals surface area contributed by atoms with E-state index in [1.165, 1.54) is 0 Å². The van der Waals surface area contributed by atoms with Crippen molar-refractivity contribution in [2.24, 2.45) is 11.7 Å². The molecule has 98 valence electrons. The van der Waals surface area contributed by atoms with Gasteiger partial charge in [0.15, 0.2) is 0 Å².